The third-order valence-electron chi connectivity index (χ3n) is 8.00. The summed E-state index contributed by atoms with van der Waals surface area (Å²) >= 11 is 0. The smallest absolute Gasteiger partial charge is 0.375 e. The van der Waals surface area contributed by atoms with Crippen LogP contribution in [0.2, 0.25) is 0 Å². The van der Waals surface area contributed by atoms with Crippen molar-refractivity contribution in [3.63, 3.8) is 0 Å². The monoisotopic (exact) mass is 621 g/mol. The van der Waals surface area contributed by atoms with Crippen LogP contribution >= 0.6 is 0 Å². The quantitative estimate of drug-likeness (QED) is 0.410. The lowest BCUT2D eigenvalue weighted by atomic mass is 10.0. The van der Waals surface area contributed by atoms with Crippen molar-refractivity contribution in [1.82, 2.24) is 19.9 Å². The Kier molecular flexibility index (Phi) is 8.62. The Labute approximate surface area is 249 Å². The van der Waals surface area contributed by atoms with Crippen molar-refractivity contribution in [2.45, 2.75) is 45.1 Å². The van der Waals surface area contributed by atoms with Crippen molar-refractivity contribution in [2.24, 2.45) is 0 Å². The zero-order chi connectivity index (χ0) is 31.9. The minimum atomic E-state index is -4.90. The molecule has 0 radical (unpaired) electrons. The summed E-state index contributed by atoms with van der Waals surface area (Å²) in [6.45, 7) is 8.01. The summed E-state index contributed by atoms with van der Waals surface area (Å²) in [4.78, 5) is 41.5. The lowest BCUT2D eigenvalue weighted by molar-refractivity contribution is -0.137. The van der Waals surface area contributed by atoms with Gasteiger partial charge < -0.3 is 24.8 Å². The van der Waals surface area contributed by atoms with Gasteiger partial charge in [0.25, 0.3) is 5.91 Å². The number of aromatic nitrogens is 3. The number of hydrogen-bond donors (Lipinski definition) is 2. The highest BCUT2D eigenvalue weighted by atomic mass is 19.4. The van der Waals surface area contributed by atoms with Gasteiger partial charge in [0.05, 0.1) is 29.5 Å². The van der Waals surface area contributed by atoms with Crippen LogP contribution in [0.25, 0.3) is 11.1 Å². The number of amides is 1. The number of hydrogen-bond acceptors (Lipinski definition) is 8. The number of rotatable bonds is 5. The number of H-pyrrole nitrogens is 1. The standard InChI is InChI=1S/C29H32F5N7O3/c1-15-12-41(13-16(2)39(15)4)22-9-20(30)24(18-10-35-28(36-11-18)40-5-6-44-17(3)14-40)25(31)26(22)38-27(43)21-7-19(29(32,33)34)8-23(42)37-21/h7-11,15-17H,5-6,12-14H2,1-4H3,(H,37,42)(H,38,43)/t15-,16+,17-/m1/s1. The second kappa shape index (κ2) is 12.1. The number of morpholine rings is 1. The van der Waals surface area contributed by atoms with Gasteiger partial charge in [-0.1, -0.05) is 0 Å². The molecule has 2 saturated heterocycles. The highest BCUT2D eigenvalue weighted by molar-refractivity contribution is 6.05. The van der Waals surface area contributed by atoms with Crippen molar-refractivity contribution in [3.8, 4) is 11.1 Å². The molecule has 2 aliphatic heterocycles. The molecular formula is C29H32F5N7O3. The molecule has 44 heavy (non-hydrogen) atoms. The van der Waals surface area contributed by atoms with E-state index in [9.17, 15) is 22.8 Å². The number of pyridine rings is 1. The maximum absolute atomic E-state index is 16.4. The number of benzene rings is 1. The first-order chi connectivity index (χ1) is 20.7. The predicted molar refractivity (Wildman–Crippen MR) is 154 cm³/mol. The molecule has 2 aromatic heterocycles. The molecule has 10 nitrogen and oxygen atoms in total. The summed E-state index contributed by atoms with van der Waals surface area (Å²) in [5.41, 5.74) is -4.26. The van der Waals surface area contributed by atoms with E-state index >= 15 is 8.78 Å². The van der Waals surface area contributed by atoms with E-state index < -0.39 is 51.8 Å². The van der Waals surface area contributed by atoms with Gasteiger partial charge in [0.2, 0.25) is 11.5 Å². The molecule has 2 N–H and O–H groups in total. The molecule has 3 aromatic rings. The van der Waals surface area contributed by atoms with Gasteiger partial charge in [0, 0.05) is 68.4 Å². The number of nitrogens with one attached hydrogen (secondary N) is 2. The summed E-state index contributed by atoms with van der Waals surface area (Å²) < 4.78 is 77.7. The van der Waals surface area contributed by atoms with Gasteiger partial charge >= 0.3 is 6.18 Å². The van der Waals surface area contributed by atoms with Crippen LogP contribution in [0.5, 0.6) is 0 Å². The van der Waals surface area contributed by atoms with E-state index in [0.29, 0.717) is 50.9 Å². The summed E-state index contributed by atoms with van der Waals surface area (Å²) in [7, 11) is 1.92. The molecule has 1 amide bonds. The molecule has 0 saturated carbocycles. The summed E-state index contributed by atoms with van der Waals surface area (Å²) in [6.07, 6.45) is -2.42. The lowest BCUT2D eigenvalue weighted by Gasteiger charge is -2.44. The Morgan fingerprint density at radius 2 is 1.68 bits per heavy atom. The topological polar surface area (TPSA) is 107 Å². The van der Waals surface area contributed by atoms with E-state index in [1.807, 2.05) is 32.7 Å². The number of halogens is 5. The number of anilines is 3. The molecular weight excluding hydrogens is 589 g/mol. The van der Waals surface area contributed by atoms with Crippen molar-refractivity contribution in [3.05, 3.63) is 63.8 Å². The number of aromatic amines is 1. The first-order valence-corrected chi connectivity index (χ1v) is 14.0. The zero-order valence-electron chi connectivity index (χ0n) is 24.5. The highest BCUT2D eigenvalue weighted by Gasteiger charge is 2.34. The van der Waals surface area contributed by atoms with Gasteiger partial charge in [-0.25, -0.2) is 18.7 Å². The van der Waals surface area contributed by atoms with E-state index in [4.69, 9.17) is 4.74 Å². The highest BCUT2D eigenvalue weighted by Crippen LogP contribution is 2.39. The molecule has 3 atom stereocenters. The Morgan fingerprint density at radius 3 is 2.30 bits per heavy atom. The fourth-order valence-corrected chi connectivity index (χ4v) is 5.46. The van der Waals surface area contributed by atoms with Crippen molar-refractivity contribution in [2.75, 3.05) is 55.0 Å². The predicted octanol–water partition coefficient (Wildman–Crippen LogP) is 4.14. The number of carbonyl (C=O) groups is 1. The fraction of sp³-hybridized carbons (Fsp3) is 0.448. The summed E-state index contributed by atoms with van der Waals surface area (Å²) in [5.74, 6) is -2.98. The molecule has 0 aliphatic carbocycles. The van der Waals surface area contributed by atoms with E-state index in [-0.39, 0.29) is 29.4 Å². The largest absolute Gasteiger partial charge is 0.416 e. The molecule has 15 heteroatoms. The molecule has 0 unspecified atom stereocenters. The van der Waals surface area contributed by atoms with Crippen molar-refractivity contribution >= 4 is 23.2 Å². The van der Waals surface area contributed by atoms with Gasteiger partial charge in [-0.15, -0.1) is 0 Å². The van der Waals surface area contributed by atoms with Crippen LogP contribution in [-0.2, 0) is 10.9 Å². The van der Waals surface area contributed by atoms with Crippen LogP contribution in [0.15, 0.2) is 35.4 Å². The second-order valence-corrected chi connectivity index (χ2v) is 11.2. The van der Waals surface area contributed by atoms with Crippen LogP contribution in [0, 0.1) is 11.6 Å². The van der Waals surface area contributed by atoms with E-state index in [2.05, 4.69) is 25.2 Å². The van der Waals surface area contributed by atoms with E-state index in [0.717, 1.165) is 6.07 Å². The Balaban J connectivity index is 1.57. The normalized spacial score (nSPS) is 21.4. The number of piperazine rings is 1. The minimum absolute atomic E-state index is 0.00179. The average molecular weight is 622 g/mol. The first-order valence-electron chi connectivity index (χ1n) is 14.0. The Morgan fingerprint density at radius 1 is 1.02 bits per heavy atom. The van der Waals surface area contributed by atoms with Gasteiger partial charge in [-0.3, -0.25) is 14.5 Å². The molecule has 2 fully saturated rings. The maximum Gasteiger partial charge on any atom is 0.416 e. The summed E-state index contributed by atoms with van der Waals surface area (Å²) in [5, 5.41) is 2.31. The fourth-order valence-electron chi connectivity index (χ4n) is 5.46. The number of alkyl halides is 3. The molecule has 4 heterocycles. The second-order valence-electron chi connectivity index (χ2n) is 11.2. The number of ether oxygens (including phenoxy) is 1. The minimum Gasteiger partial charge on any atom is -0.375 e. The molecule has 0 spiro atoms. The molecule has 2 aliphatic rings. The van der Waals surface area contributed by atoms with Gasteiger partial charge in [-0.2, -0.15) is 13.2 Å². The zero-order valence-corrected chi connectivity index (χ0v) is 24.5. The third kappa shape index (κ3) is 6.38. The number of likely N-dealkylation sites (N-methyl/N-ethyl adjacent to an activating group) is 1. The number of carbonyl (C=O) groups excluding carboxylic acids is 1. The van der Waals surface area contributed by atoms with Gasteiger partial charge in [-0.05, 0) is 33.9 Å². The van der Waals surface area contributed by atoms with E-state index in [1.54, 1.807) is 4.90 Å². The first kappa shape index (κ1) is 31.3. The van der Waals surface area contributed by atoms with Crippen molar-refractivity contribution in [1.29, 1.82) is 0 Å². The number of nitrogens with zero attached hydrogens (tertiary/aromatic N) is 5. The van der Waals surface area contributed by atoms with E-state index in [1.165, 1.54) is 12.4 Å². The van der Waals surface area contributed by atoms with Crippen LogP contribution < -0.4 is 20.7 Å². The van der Waals surface area contributed by atoms with Crippen molar-refractivity contribution < 1.29 is 31.5 Å². The maximum atomic E-state index is 16.4. The molecule has 236 valence electrons. The summed E-state index contributed by atoms with van der Waals surface area (Å²) in [6, 6.07) is 1.78. The molecule has 5 rings (SSSR count). The Hall–Kier alpha value is -4.11. The molecule has 1 aromatic carbocycles. The van der Waals surface area contributed by atoms with Gasteiger partial charge in [0.1, 0.15) is 17.2 Å². The van der Waals surface area contributed by atoms with Crippen LogP contribution in [0.1, 0.15) is 36.8 Å². The lowest BCUT2D eigenvalue weighted by Crippen LogP contribution is -2.55. The Bertz CT molecular complexity index is 1590. The third-order valence-corrected chi connectivity index (χ3v) is 8.00. The van der Waals surface area contributed by atoms with Crippen LogP contribution in [0.4, 0.5) is 39.3 Å². The SMILES string of the molecule is C[C@@H]1CN(c2ncc(-c3c(F)cc(N4C[C@@H](C)N(C)[C@@H](C)C4)c(NC(=O)c4cc(C(F)(F)F)cc(=O)[nH]4)c3F)cn2)CCO1. The van der Waals surface area contributed by atoms with Crippen LogP contribution in [-0.4, -0.2) is 83.8 Å². The van der Waals surface area contributed by atoms with Gasteiger partial charge in [0.15, 0.2) is 5.82 Å². The average Bonchev–Trinajstić information content (AvgIpc) is 2.96. The van der Waals surface area contributed by atoms with Crippen LogP contribution in [0.3, 0.4) is 0 Å². The molecule has 0 bridgehead atoms.